The molecule has 0 heteroatoms. The lowest BCUT2D eigenvalue weighted by molar-refractivity contribution is 0.346. The second-order valence-corrected chi connectivity index (χ2v) is 7.45. The lowest BCUT2D eigenvalue weighted by Gasteiger charge is -2.18. The van der Waals surface area contributed by atoms with E-state index in [-0.39, 0.29) is 0 Å². The van der Waals surface area contributed by atoms with Gasteiger partial charge in [-0.15, -0.1) is 0 Å². The van der Waals surface area contributed by atoms with Gasteiger partial charge in [-0.3, -0.25) is 0 Å². The van der Waals surface area contributed by atoms with Crippen LogP contribution in [-0.4, -0.2) is 0 Å². The molecule has 24 heavy (non-hydrogen) atoms. The standard InChI is InChI=1S/C15H28.C5H10.2C2H6/c1-4-8-15(13(2)3)12-7-11-14-9-5-6-10-14;1-5-3-2-4-5;2*1-2/h14-15H,2,4-12H2,1,3H3;5H,2-4H2,1H3;2*1-2H3. The topological polar surface area (TPSA) is 0 Å². The minimum atomic E-state index is 0.802. The summed E-state index contributed by atoms with van der Waals surface area (Å²) in [6, 6.07) is 0. The second-order valence-electron chi connectivity index (χ2n) is 7.45. The van der Waals surface area contributed by atoms with E-state index in [9.17, 15) is 0 Å². The van der Waals surface area contributed by atoms with E-state index in [0.717, 1.165) is 17.8 Å². The third kappa shape index (κ3) is 14.1. The molecule has 2 aliphatic rings. The molecular weight excluding hydrogens is 288 g/mol. The molecule has 2 fully saturated rings. The van der Waals surface area contributed by atoms with Crippen LogP contribution < -0.4 is 0 Å². The Morgan fingerprint density at radius 3 is 1.75 bits per heavy atom. The average molecular weight is 339 g/mol. The lowest BCUT2D eigenvalue weighted by Crippen LogP contribution is -2.04. The molecule has 0 spiro atoms. The van der Waals surface area contributed by atoms with E-state index in [4.69, 9.17) is 0 Å². The molecule has 0 aromatic rings. The molecule has 0 saturated heterocycles. The highest BCUT2D eigenvalue weighted by Crippen LogP contribution is 2.31. The van der Waals surface area contributed by atoms with Crippen LogP contribution in [-0.2, 0) is 0 Å². The number of allylic oxidation sites excluding steroid dienone is 1. The van der Waals surface area contributed by atoms with E-state index in [1.165, 1.54) is 82.6 Å². The van der Waals surface area contributed by atoms with Gasteiger partial charge in [-0.25, -0.2) is 0 Å². The normalized spacial score (nSPS) is 18.0. The Kier molecular flexibility index (Phi) is 20.6. The van der Waals surface area contributed by atoms with E-state index in [0.29, 0.717) is 0 Å². The van der Waals surface area contributed by atoms with Gasteiger partial charge >= 0.3 is 0 Å². The molecule has 0 aromatic carbocycles. The zero-order valence-corrected chi connectivity index (χ0v) is 18.4. The molecule has 0 N–H and O–H groups in total. The fourth-order valence-electron chi connectivity index (χ4n) is 3.55. The summed E-state index contributed by atoms with van der Waals surface area (Å²) in [7, 11) is 0. The summed E-state index contributed by atoms with van der Waals surface area (Å²) in [5.74, 6) is 2.93. The van der Waals surface area contributed by atoms with Crippen molar-refractivity contribution >= 4 is 0 Å². The summed E-state index contributed by atoms with van der Waals surface area (Å²) in [4.78, 5) is 0. The predicted molar refractivity (Wildman–Crippen MR) is 115 cm³/mol. The van der Waals surface area contributed by atoms with Crippen LogP contribution in [0.15, 0.2) is 12.2 Å². The van der Waals surface area contributed by atoms with Crippen LogP contribution in [0.3, 0.4) is 0 Å². The van der Waals surface area contributed by atoms with Gasteiger partial charge in [0.05, 0.1) is 0 Å². The van der Waals surface area contributed by atoms with Crippen LogP contribution in [0, 0.1) is 17.8 Å². The van der Waals surface area contributed by atoms with Crippen molar-refractivity contribution in [3.8, 4) is 0 Å². The van der Waals surface area contributed by atoms with Crippen molar-refractivity contribution in [2.45, 2.75) is 126 Å². The first-order chi connectivity index (χ1) is 11.6. The monoisotopic (exact) mass is 338 g/mol. The van der Waals surface area contributed by atoms with E-state index in [1.54, 1.807) is 0 Å². The van der Waals surface area contributed by atoms with Gasteiger partial charge in [0.1, 0.15) is 0 Å². The minimum Gasteiger partial charge on any atom is -0.0999 e. The summed E-state index contributed by atoms with van der Waals surface area (Å²) >= 11 is 0. The second kappa shape index (κ2) is 19.1. The zero-order chi connectivity index (χ0) is 18.8. The molecule has 146 valence electrons. The SMILES string of the molecule is C=C(C)C(CCC)CCCC1CCCC1.CC.CC.CC1CCC1. The molecule has 1 unspecified atom stereocenters. The first kappa shape index (κ1) is 26.0. The number of rotatable bonds is 7. The van der Waals surface area contributed by atoms with Gasteiger partial charge in [-0.05, 0) is 37.5 Å². The first-order valence-electron chi connectivity index (χ1n) is 11.3. The minimum absolute atomic E-state index is 0.802. The van der Waals surface area contributed by atoms with Gasteiger partial charge in [0.15, 0.2) is 0 Å². The van der Waals surface area contributed by atoms with Crippen LogP contribution in [0.5, 0.6) is 0 Å². The summed E-state index contributed by atoms with van der Waals surface area (Å²) in [5.41, 5.74) is 1.41. The van der Waals surface area contributed by atoms with Gasteiger partial charge in [0.2, 0.25) is 0 Å². The number of hydrogen-bond acceptors (Lipinski definition) is 0. The Morgan fingerprint density at radius 2 is 1.42 bits per heavy atom. The van der Waals surface area contributed by atoms with Crippen LogP contribution in [0.2, 0.25) is 0 Å². The fourth-order valence-corrected chi connectivity index (χ4v) is 3.55. The van der Waals surface area contributed by atoms with Crippen LogP contribution in [0.1, 0.15) is 126 Å². The van der Waals surface area contributed by atoms with E-state index < -0.39 is 0 Å². The van der Waals surface area contributed by atoms with Crippen molar-refractivity contribution in [3.05, 3.63) is 12.2 Å². The highest BCUT2D eigenvalue weighted by atomic mass is 14.2. The molecule has 2 rings (SSSR count). The van der Waals surface area contributed by atoms with Gasteiger partial charge < -0.3 is 0 Å². The highest BCUT2D eigenvalue weighted by molar-refractivity contribution is 4.95. The van der Waals surface area contributed by atoms with Crippen molar-refractivity contribution in [2.75, 3.05) is 0 Å². The van der Waals surface area contributed by atoms with Crippen LogP contribution >= 0.6 is 0 Å². The molecule has 1 atom stereocenters. The molecule has 2 aliphatic carbocycles. The Morgan fingerprint density at radius 1 is 0.917 bits per heavy atom. The molecule has 0 nitrogen and oxygen atoms in total. The maximum absolute atomic E-state index is 4.12. The maximum Gasteiger partial charge on any atom is -0.0209 e. The Bertz CT molecular complexity index is 243. The lowest BCUT2D eigenvalue weighted by atomic mass is 9.88. The quantitative estimate of drug-likeness (QED) is 0.406. The smallest absolute Gasteiger partial charge is 0.0209 e. The van der Waals surface area contributed by atoms with Gasteiger partial charge in [0, 0.05) is 0 Å². The van der Waals surface area contributed by atoms with Crippen molar-refractivity contribution in [3.63, 3.8) is 0 Å². The highest BCUT2D eigenvalue weighted by Gasteiger charge is 2.15. The summed E-state index contributed by atoms with van der Waals surface area (Å²) < 4.78 is 0. The Labute approximate surface area is 155 Å². The predicted octanol–water partition coefficient (Wildman–Crippen LogP) is 9.20. The molecular formula is C24H50. The molecule has 2 saturated carbocycles. The molecule has 0 amide bonds. The maximum atomic E-state index is 4.12. The Balaban J connectivity index is 0. The molecule has 0 heterocycles. The Hall–Kier alpha value is -0.260. The van der Waals surface area contributed by atoms with Crippen molar-refractivity contribution in [1.82, 2.24) is 0 Å². The summed E-state index contributed by atoms with van der Waals surface area (Å²) in [6.07, 6.45) is 17.4. The fraction of sp³-hybridized carbons (Fsp3) is 0.917. The molecule has 0 bridgehead atoms. The third-order valence-electron chi connectivity index (χ3n) is 5.37. The molecule has 0 aliphatic heterocycles. The van der Waals surface area contributed by atoms with Crippen molar-refractivity contribution in [1.29, 1.82) is 0 Å². The summed E-state index contributed by atoms with van der Waals surface area (Å²) in [6.45, 7) is 18.9. The largest absolute Gasteiger partial charge is 0.0999 e. The van der Waals surface area contributed by atoms with Crippen molar-refractivity contribution in [2.24, 2.45) is 17.8 Å². The van der Waals surface area contributed by atoms with Crippen LogP contribution in [0.4, 0.5) is 0 Å². The average Bonchev–Trinajstić information content (AvgIpc) is 3.10. The molecule has 0 radical (unpaired) electrons. The van der Waals surface area contributed by atoms with E-state index in [1.807, 2.05) is 27.7 Å². The van der Waals surface area contributed by atoms with E-state index in [2.05, 4.69) is 27.4 Å². The van der Waals surface area contributed by atoms with Crippen molar-refractivity contribution < 1.29 is 0 Å². The summed E-state index contributed by atoms with van der Waals surface area (Å²) in [5, 5.41) is 0. The van der Waals surface area contributed by atoms with Gasteiger partial charge in [-0.1, -0.05) is 118 Å². The molecule has 0 aromatic heterocycles. The van der Waals surface area contributed by atoms with E-state index >= 15 is 0 Å². The van der Waals surface area contributed by atoms with Gasteiger partial charge in [0.25, 0.3) is 0 Å². The van der Waals surface area contributed by atoms with Gasteiger partial charge in [-0.2, -0.15) is 0 Å². The first-order valence-corrected chi connectivity index (χ1v) is 11.3. The third-order valence-corrected chi connectivity index (χ3v) is 5.37. The van der Waals surface area contributed by atoms with Crippen LogP contribution in [0.25, 0.3) is 0 Å². The number of hydrogen-bond donors (Lipinski definition) is 0. The zero-order valence-electron chi connectivity index (χ0n) is 18.4.